The summed E-state index contributed by atoms with van der Waals surface area (Å²) in [5.74, 6) is 0.416. The monoisotopic (exact) mass is 298 g/mol. The molecule has 0 radical (unpaired) electrons. The SMILES string of the molecule is CCC(C)N(C)CCNC(=O)c1cnc(NC)c(Cl)c1. The molecule has 0 aliphatic rings. The third-order valence-corrected chi connectivity index (χ3v) is 3.72. The summed E-state index contributed by atoms with van der Waals surface area (Å²) >= 11 is 6.01. The highest BCUT2D eigenvalue weighted by Gasteiger charge is 2.10. The van der Waals surface area contributed by atoms with Crippen molar-refractivity contribution in [3.05, 3.63) is 22.8 Å². The molecule has 1 amide bonds. The summed E-state index contributed by atoms with van der Waals surface area (Å²) in [5, 5.41) is 6.17. The molecule has 1 heterocycles. The molecular weight excluding hydrogens is 276 g/mol. The van der Waals surface area contributed by atoms with Gasteiger partial charge in [-0.2, -0.15) is 0 Å². The van der Waals surface area contributed by atoms with Crippen LogP contribution >= 0.6 is 11.6 Å². The molecule has 0 spiro atoms. The predicted molar refractivity (Wildman–Crippen MR) is 83.5 cm³/mol. The first-order chi connectivity index (χ1) is 9.49. The third kappa shape index (κ3) is 4.65. The number of pyridine rings is 1. The Hall–Kier alpha value is -1.33. The molecule has 1 aromatic heterocycles. The first-order valence-corrected chi connectivity index (χ1v) is 7.19. The predicted octanol–water partition coefficient (Wildman–Crippen LogP) is 2.24. The van der Waals surface area contributed by atoms with Gasteiger partial charge in [0, 0.05) is 32.4 Å². The molecule has 0 bridgehead atoms. The Kier molecular flexibility index (Phi) is 6.75. The van der Waals surface area contributed by atoms with E-state index in [0.29, 0.717) is 29.0 Å². The maximum absolute atomic E-state index is 12.0. The fraction of sp³-hybridized carbons (Fsp3) is 0.571. The molecule has 2 N–H and O–H groups in total. The normalized spacial score (nSPS) is 12.3. The summed E-state index contributed by atoms with van der Waals surface area (Å²) in [6.45, 7) is 5.74. The Balaban J connectivity index is 2.49. The number of anilines is 1. The molecule has 0 saturated heterocycles. The lowest BCUT2D eigenvalue weighted by Crippen LogP contribution is -2.37. The number of amides is 1. The number of nitrogens with one attached hydrogen (secondary N) is 2. The molecule has 1 rings (SSSR count). The summed E-state index contributed by atoms with van der Waals surface area (Å²) < 4.78 is 0. The van der Waals surface area contributed by atoms with Crippen LogP contribution in [-0.2, 0) is 0 Å². The third-order valence-electron chi connectivity index (χ3n) is 3.43. The van der Waals surface area contributed by atoms with Gasteiger partial charge in [-0.05, 0) is 26.5 Å². The standard InChI is InChI=1S/C14H23ClN4O/c1-5-10(2)19(4)7-6-17-14(20)11-8-12(15)13(16-3)18-9-11/h8-10H,5-7H2,1-4H3,(H,16,18)(H,17,20). The average Bonchev–Trinajstić information content (AvgIpc) is 2.45. The summed E-state index contributed by atoms with van der Waals surface area (Å²) in [6.07, 6.45) is 2.61. The molecule has 112 valence electrons. The zero-order valence-electron chi connectivity index (χ0n) is 12.5. The van der Waals surface area contributed by atoms with E-state index in [0.717, 1.165) is 13.0 Å². The fourth-order valence-corrected chi connectivity index (χ4v) is 1.99. The van der Waals surface area contributed by atoms with E-state index < -0.39 is 0 Å². The first-order valence-electron chi connectivity index (χ1n) is 6.81. The van der Waals surface area contributed by atoms with Crippen LogP contribution in [0, 0.1) is 0 Å². The second kappa shape index (κ2) is 8.07. The van der Waals surface area contributed by atoms with Gasteiger partial charge in [0.2, 0.25) is 0 Å². The molecule has 5 nitrogen and oxygen atoms in total. The maximum atomic E-state index is 12.0. The van der Waals surface area contributed by atoms with E-state index in [1.807, 2.05) is 0 Å². The van der Waals surface area contributed by atoms with Gasteiger partial charge >= 0.3 is 0 Å². The Morgan fingerprint density at radius 3 is 2.80 bits per heavy atom. The van der Waals surface area contributed by atoms with Gasteiger partial charge in [-0.3, -0.25) is 4.79 Å². The minimum atomic E-state index is -0.153. The second-order valence-corrected chi connectivity index (χ2v) is 5.21. The van der Waals surface area contributed by atoms with E-state index in [-0.39, 0.29) is 5.91 Å². The van der Waals surface area contributed by atoms with Crippen LogP contribution in [0.3, 0.4) is 0 Å². The Morgan fingerprint density at radius 1 is 1.55 bits per heavy atom. The van der Waals surface area contributed by atoms with Gasteiger partial charge in [0.1, 0.15) is 5.82 Å². The number of rotatable bonds is 7. The van der Waals surface area contributed by atoms with E-state index >= 15 is 0 Å². The van der Waals surface area contributed by atoms with Crippen LogP contribution in [0.25, 0.3) is 0 Å². The lowest BCUT2D eigenvalue weighted by Gasteiger charge is -2.23. The Bertz CT molecular complexity index is 453. The molecule has 6 heteroatoms. The van der Waals surface area contributed by atoms with Crippen LogP contribution in [0.2, 0.25) is 5.02 Å². The van der Waals surface area contributed by atoms with E-state index in [1.54, 1.807) is 13.1 Å². The van der Waals surface area contributed by atoms with Gasteiger partial charge in [-0.25, -0.2) is 4.98 Å². The molecular formula is C14H23ClN4O. The molecule has 1 aromatic rings. The minimum absolute atomic E-state index is 0.153. The van der Waals surface area contributed by atoms with Gasteiger partial charge in [0.05, 0.1) is 10.6 Å². The van der Waals surface area contributed by atoms with Crippen molar-refractivity contribution in [2.45, 2.75) is 26.3 Å². The van der Waals surface area contributed by atoms with Crippen LogP contribution in [0.15, 0.2) is 12.3 Å². The van der Waals surface area contributed by atoms with E-state index in [2.05, 4.69) is 41.4 Å². The number of hydrogen-bond donors (Lipinski definition) is 2. The largest absolute Gasteiger partial charge is 0.372 e. The highest BCUT2D eigenvalue weighted by atomic mass is 35.5. The van der Waals surface area contributed by atoms with Crippen LogP contribution in [0.5, 0.6) is 0 Å². The van der Waals surface area contributed by atoms with Crippen LogP contribution < -0.4 is 10.6 Å². The Labute approximate surface area is 125 Å². The van der Waals surface area contributed by atoms with Gasteiger partial charge < -0.3 is 15.5 Å². The van der Waals surface area contributed by atoms with Crippen molar-refractivity contribution in [2.75, 3.05) is 32.5 Å². The fourth-order valence-electron chi connectivity index (χ4n) is 1.73. The molecule has 0 aliphatic carbocycles. The van der Waals surface area contributed by atoms with Crippen LogP contribution in [0.1, 0.15) is 30.6 Å². The second-order valence-electron chi connectivity index (χ2n) is 4.80. The molecule has 0 saturated carbocycles. The van der Waals surface area contributed by atoms with E-state index in [1.165, 1.54) is 6.20 Å². The van der Waals surface area contributed by atoms with E-state index in [9.17, 15) is 4.79 Å². The van der Waals surface area contributed by atoms with Crippen LogP contribution in [-0.4, -0.2) is 49.0 Å². The summed E-state index contributed by atoms with van der Waals surface area (Å²) in [6, 6.07) is 2.13. The molecule has 1 atom stereocenters. The quantitative estimate of drug-likeness (QED) is 0.810. The lowest BCUT2D eigenvalue weighted by atomic mass is 10.2. The lowest BCUT2D eigenvalue weighted by molar-refractivity contribution is 0.0947. The van der Waals surface area contributed by atoms with Crippen molar-refractivity contribution in [1.82, 2.24) is 15.2 Å². The topological polar surface area (TPSA) is 57.3 Å². The molecule has 1 unspecified atom stereocenters. The zero-order valence-corrected chi connectivity index (χ0v) is 13.3. The number of halogens is 1. The van der Waals surface area contributed by atoms with Crippen molar-refractivity contribution in [3.63, 3.8) is 0 Å². The Morgan fingerprint density at radius 2 is 2.25 bits per heavy atom. The number of nitrogens with zero attached hydrogens (tertiary/aromatic N) is 2. The number of likely N-dealkylation sites (N-methyl/N-ethyl adjacent to an activating group) is 1. The molecule has 20 heavy (non-hydrogen) atoms. The van der Waals surface area contributed by atoms with Crippen molar-refractivity contribution < 1.29 is 4.79 Å². The van der Waals surface area contributed by atoms with Gasteiger partial charge in [0.15, 0.2) is 0 Å². The molecule has 0 fully saturated rings. The number of carbonyl (C=O) groups excluding carboxylic acids is 1. The van der Waals surface area contributed by atoms with E-state index in [4.69, 9.17) is 11.6 Å². The smallest absolute Gasteiger partial charge is 0.252 e. The van der Waals surface area contributed by atoms with Gasteiger partial charge in [0.25, 0.3) is 5.91 Å². The van der Waals surface area contributed by atoms with Crippen molar-refractivity contribution >= 4 is 23.3 Å². The summed E-state index contributed by atoms with van der Waals surface area (Å²) in [5.41, 5.74) is 0.472. The number of aromatic nitrogens is 1. The summed E-state index contributed by atoms with van der Waals surface area (Å²) in [7, 11) is 3.79. The van der Waals surface area contributed by atoms with Gasteiger partial charge in [-0.1, -0.05) is 18.5 Å². The van der Waals surface area contributed by atoms with Crippen molar-refractivity contribution in [3.8, 4) is 0 Å². The maximum Gasteiger partial charge on any atom is 0.252 e. The zero-order chi connectivity index (χ0) is 15.1. The number of carbonyl (C=O) groups is 1. The van der Waals surface area contributed by atoms with Crippen molar-refractivity contribution in [1.29, 1.82) is 0 Å². The average molecular weight is 299 g/mol. The van der Waals surface area contributed by atoms with Crippen LogP contribution in [0.4, 0.5) is 5.82 Å². The first kappa shape index (κ1) is 16.7. The highest BCUT2D eigenvalue weighted by Crippen LogP contribution is 2.19. The van der Waals surface area contributed by atoms with Gasteiger partial charge in [-0.15, -0.1) is 0 Å². The number of hydrogen-bond acceptors (Lipinski definition) is 4. The summed E-state index contributed by atoms with van der Waals surface area (Å²) in [4.78, 5) is 18.3. The molecule has 0 aromatic carbocycles. The highest BCUT2D eigenvalue weighted by molar-refractivity contribution is 6.33. The minimum Gasteiger partial charge on any atom is -0.372 e. The molecule has 0 aliphatic heterocycles. The van der Waals surface area contributed by atoms with Crippen molar-refractivity contribution in [2.24, 2.45) is 0 Å².